The summed E-state index contributed by atoms with van der Waals surface area (Å²) < 4.78 is 18.1. The average molecular weight is 391 g/mol. The second kappa shape index (κ2) is 9.64. The molecule has 2 aliphatic rings. The smallest absolute Gasteiger partial charge is 0.338 e. The number of quaternary nitrogens is 1. The fourth-order valence-electron chi connectivity index (χ4n) is 4.93. The minimum absolute atomic E-state index is 0.269. The highest BCUT2D eigenvalue weighted by atomic mass is 16.5. The van der Waals surface area contributed by atoms with Crippen LogP contribution in [0, 0.1) is 5.92 Å². The van der Waals surface area contributed by atoms with Crippen LogP contribution >= 0.6 is 0 Å². The Bertz CT molecular complexity index is 658. The second-order valence-electron chi connectivity index (χ2n) is 8.56. The van der Waals surface area contributed by atoms with Gasteiger partial charge in [-0.2, -0.15) is 0 Å². The molecule has 0 saturated carbocycles. The van der Waals surface area contributed by atoms with Crippen molar-refractivity contribution < 1.29 is 23.5 Å². The van der Waals surface area contributed by atoms with Gasteiger partial charge in [0.25, 0.3) is 0 Å². The van der Waals surface area contributed by atoms with E-state index in [1.54, 1.807) is 25.3 Å². The number of rotatable bonds is 8. The average Bonchev–Trinajstić information content (AvgIpc) is 2.71. The lowest BCUT2D eigenvalue weighted by molar-refractivity contribution is -0.947. The molecule has 5 heteroatoms. The summed E-state index contributed by atoms with van der Waals surface area (Å²) in [6.07, 6.45) is 8.35. The van der Waals surface area contributed by atoms with Crippen LogP contribution in [0.25, 0.3) is 0 Å². The van der Waals surface area contributed by atoms with Crippen LogP contribution in [0.2, 0.25) is 0 Å². The van der Waals surface area contributed by atoms with E-state index < -0.39 is 0 Å². The first-order valence-electron chi connectivity index (χ1n) is 10.9. The molecule has 2 aliphatic heterocycles. The topological polar surface area (TPSA) is 44.8 Å². The van der Waals surface area contributed by atoms with E-state index >= 15 is 0 Å². The molecule has 1 aromatic rings. The molecule has 0 bridgehead atoms. The monoisotopic (exact) mass is 390 g/mol. The number of methoxy groups -OCH3 is 1. The molecule has 2 fully saturated rings. The maximum Gasteiger partial charge on any atom is 0.338 e. The summed E-state index contributed by atoms with van der Waals surface area (Å²) in [7, 11) is 3.99. The third kappa shape index (κ3) is 4.80. The van der Waals surface area contributed by atoms with E-state index in [0.29, 0.717) is 42.2 Å². The Morgan fingerprint density at radius 1 is 1.14 bits per heavy atom. The molecule has 5 nitrogen and oxygen atoms in total. The van der Waals surface area contributed by atoms with Crippen molar-refractivity contribution in [3.8, 4) is 11.5 Å². The Hall–Kier alpha value is -1.75. The van der Waals surface area contributed by atoms with E-state index in [9.17, 15) is 4.79 Å². The number of unbranched alkanes of at least 4 members (excludes halogenated alkanes) is 1. The highest BCUT2D eigenvalue weighted by molar-refractivity contribution is 5.90. The van der Waals surface area contributed by atoms with Crippen molar-refractivity contribution >= 4 is 5.97 Å². The summed E-state index contributed by atoms with van der Waals surface area (Å²) in [5.41, 5.74) is 0.524. The zero-order chi connectivity index (χ0) is 20.0. The standard InChI is InChI=1S/C23H36NO4/c1-4-5-15-27-21-12-11-18(16-22(21)26-3)23(25)28-17-19-9-8-14-24(2)13-7-6-10-20(19)24/h11-12,16,19-20H,4-10,13-15,17H2,1-3H3/q+1/t19-,20-,24+/m0/s1. The number of piperidine rings is 2. The van der Waals surface area contributed by atoms with Crippen molar-refractivity contribution in [1.29, 1.82) is 0 Å². The Labute approximate surface area is 169 Å². The SMILES string of the molecule is CCCCOc1ccc(C(=O)OC[C@@H]2CCC[N@@+]3(C)CCCC[C@@H]23)cc1OC. The summed E-state index contributed by atoms with van der Waals surface area (Å²) in [6, 6.07) is 5.94. The highest BCUT2D eigenvalue weighted by Gasteiger charge is 2.43. The van der Waals surface area contributed by atoms with Crippen molar-refractivity contribution in [3.63, 3.8) is 0 Å². The highest BCUT2D eigenvalue weighted by Crippen LogP contribution is 2.36. The Morgan fingerprint density at radius 2 is 1.96 bits per heavy atom. The Kier molecular flexibility index (Phi) is 7.22. The summed E-state index contributed by atoms with van der Waals surface area (Å²) in [4.78, 5) is 12.6. The van der Waals surface area contributed by atoms with E-state index in [0.717, 1.165) is 12.8 Å². The first-order valence-corrected chi connectivity index (χ1v) is 10.9. The molecule has 3 atom stereocenters. The van der Waals surface area contributed by atoms with E-state index in [2.05, 4.69) is 14.0 Å². The third-order valence-electron chi connectivity index (χ3n) is 6.59. The first kappa shape index (κ1) is 21.0. The molecule has 0 unspecified atom stereocenters. The van der Waals surface area contributed by atoms with Crippen molar-refractivity contribution in [2.45, 2.75) is 57.9 Å². The molecule has 1 aromatic carbocycles. The van der Waals surface area contributed by atoms with Gasteiger partial charge in [-0.05, 0) is 50.3 Å². The quantitative estimate of drug-likeness (QED) is 0.374. The summed E-state index contributed by atoms with van der Waals surface area (Å²) >= 11 is 0. The molecule has 0 spiro atoms. The van der Waals surface area contributed by atoms with Crippen LogP contribution in [0.15, 0.2) is 18.2 Å². The molecule has 156 valence electrons. The lowest BCUT2D eigenvalue weighted by atomic mass is 9.82. The minimum Gasteiger partial charge on any atom is -0.493 e. The van der Waals surface area contributed by atoms with E-state index in [1.165, 1.54) is 49.7 Å². The number of nitrogens with zero attached hydrogens (tertiary/aromatic N) is 1. The maximum absolute atomic E-state index is 12.6. The zero-order valence-electron chi connectivity index (χ0n) is 17.7. The third-order valence-corrected chi connectivity index (χ3v) is 6.59. The van der Waals surface area contributed by atoms with Crippen LogP contribution in [0.1, 0.15) is 62.2 Å². The molecule has 28 heavy (non-hydrogen) atoms. The maximum atomic E-state index is 12.6. The van der Waals surface area contributed by atoms with Crippen molar-refractivity contribution in [2.75, 3.05) is 40.5 Å². The van der Waals surface area contributed by atoms with Crippen LogP contribution in [0.4, 0.5) is 0 Å². The number of carbonyl (C=O) groups is 1. The largest absolute Gasteiger partial charge is 0.493 e. The van der Waals surface area contributed by atoms with Crippen LogP contribution in [-0.2, 0) is 4.74 Å². The van der Waals surface area contributed by atoms with Crippen molar-refractivity contribution in [3.05, 3.63) is 23.8 Å². The van der Waals surface area contributed by atoms with Crippen LogP contribution in [0.5, 0.6) is 11.5 Å². The first-order chi connectivity index (χ1) is 13.6. The normalized spacial score (nSPS) is 27.0. The number of hydrogen-bond donors (Lipinski definition) is 0. The number of fused-ring (bicyclic) bond motifs is 1. The molecule has 2 heterocycles. The van der Waals surface area contributed by atoms with Gasteiger partial charge in [0.05, 0.1) is 45.5 Å². The lowest BCUT2D eigenvalue weighted by Crippen LogP contribution is -2.61. The summed E-state index contributed by atoms with van der Waals surface area (Å²) in [6.45, 7) is 5.84. The van der Waals surface area contributed by atoms with Crippen molar-refractivity contribution in [1.82, 2.24) is 0 Å². The minimum atomic E-state index is -0.269. The van der Waals surface area contributed by atoms with E-state index in [-0.39, 0.29) is 5.97 Å². The van der Waals surface area contributed by atoms with Gasteiger partial charge in [0.1, 0.15) is 6.61 Å². The zero-order valence-corrected chi connectivity index (χ0v) is 17.7. The van der Waals surface area contributed by atoms with Gasteiger partial charge < -0.3 is 18.7 Å². The molecule has 2 saturated heterocycles. The summed E-state index contributed by atoms with van der Waals surface area (Å²) in [5, 5.41) is 0. The Morgan fingerprint density at radius 3 is 2.75 bits per heavy atom. The van der Waals surface area contributed by atoms with Gasteiger partial charge in [0.15, 0.2) is 11.5 Å². The van der Waals surface area contributed by atoms with Gasteiger partial charge in [0, 0.05) is 12.3 Å². The molecule has 0 amide bonds. The molecule has 0 aliphatic carbocycles. The number of esters is 1. The molecule has 3 rings (SSSR count). The lowest BCUT2D eigenvalue weighted by Gasteiger charge is -2.51. The Balaban J connectivity index is 1.59. The molecule has 0 radical (unpaired) electrons. The van der Waals surface area contributed by atoms with Crippen molar-refractivity contribution in [2.24, 2.45) is 5.92 Å². The van der Waals surface area contributed by atoms with Crippen LogP contribution in [-0.4, -0.2) is 57.0 Å². The van der Waals surface area contributed by atoms with Gasteiger partial charge in [-0.3, -0.25) is 0 Å². The van der Waals surface area contributed by atoms with E-state index in [4.69, 9.17) is 14.2 Å². The molecule has 0 N–H and O–H groups in total. The number of ether oxygens (including phenoxy) is 3. The second-order valence-corrected chi connectivity index (χ2v) is 8.56. The van der Waals surface area contributed by atoms with Gasteiger partial charge in [-0.15, -0.1) is 0 Å². The fraction of sp³-hybridized carbons (Fsp3) is 0.696. The predicted molar refractivity (Wildman–Crippen MR) is 110 cm³/mol. The van der Waals surface area contributed by atoms with Gasteiger partial charge in [0.2, 0.25) is 0 Å². The molecular formula is C23H36NO4+. The fourth-order valence-corrected chi connectivity index (χ4v) is 4.93. The number of carbonyl (C=O) groups excluding carboxylic acids is 1. The van der Waals surface area contributed by atoms with Gasteiger partial charge in [-0.25, -0.2) is 4.79 Å². The number of hydrogen-bond acceptors (Lipinski definition) is 4. The van der Waals surface area contributed by atoms with E-state index in [1.807, 2.05) is 0 Å². The molecule has 0 aromatic heterocycles. The number of benzene rings is 1. The summed E-state index contributed by atoms with van der Waals surface area (Å²) in [5.74, 6) is 1.46. The predicted octanol–water partition coefficient (Wildman–Crippen LogP) is 4.44. The molecular weight excluding hydrogens is 354 g/mol. The van der Waals surface area contributed by atoms with Crippen LogP contribution < -0.4 is 9.47 Å². The van der Waals surface area contributed by atoms with Gasteiger partial charge >= 0.3 is 5.97 Å². The van der Waals surface area contributed by atoms with Gasteiger partial charge in [-0.1, -0.05) is 13.3 Å². The van der Waals surface area contributed by atoms with Crippen LogP contribution in [0.3, 0.4) is 0 Å².